The van der Waals surface area contributed by atoms with Crippen molar-refractivity contribution in [1.82, 2.24) is 4.98 Å². The molecule has 1 heterocycles. The van der Waals surface area contributed by atoms with Crippen LogP contribution in [0.1, 0.15) is 16.9 Å². The standard InChI is InChI=1S/C10H13NO3S/c1-14-10(13)4-6-15-7-9(12)8-3-2-5-11-8/h2-3,5,11H,4,6-7H2,1H3. The summed E-state index contributed by atoms with van der Waals surface area (Å²) in [6.45, 7) is 0. The Morgan fingerprint density at radius 3 is 2.93 bits per heavy atom. The van der Waals surface area contributed by atoms with E-state index in [4.69, 9.17) is 0 Å². The number of Topliss-reactive ketones (excluding diaryl/α,β-unsaturated/α-hetero) is 1. The highest BCUT2D eigenvalue weighted by Crippen LogP contribution is 2.07. The summed E-state index contributed by atoms with van der Waals surface area (Å²) >= 11 is 1.43. The predicted molar refractivity (Wildman–Crippen MR) is 59.1 cm³/mol. The Kier molecular flexibility index (Phi) is 4.97. The second-order valence-corrected chi connectivity index (χ2v) is 3.99. The fraction of sp³-hybridized carbons (Fsp3) is 0.400. The molecule has 0 aliphatic rings. The van der Waals surface area contributed by atoms with E-state index < -0.39 is 0 Å². The number of ether oxygens (including phenoxy) is 1. The van der Waals surface area contributed by atoms with Crippen LogP contribution < -0.4 is 0 Å². The Labute approximate surface area is 92.4 Å². The van der Waals surface area contributed by atoms with Gasteiger partial charge in [-0.1, -0.05) is 0 Å². The highest BCUT2D eigenvalue weighted by molar-refractivity contribution is 8.00. The van der Waals surface area contributed by atoms with E-state index in [0.29, 0.717) is 23.6 Å². The Bertz CT molecular complexity index is 321. The van der Waals surface area contributed by atoms with Gasteiger partial charge in [-0.2, -0.15) is 11.8 Å². The van der Waals surface area contributed by atoms with E-state index in [0.717, 1.165) is 0 Å². The molecule has 82 valence electrons. The number of hydrogen-bond acceptors (Lipinski definition) is 4. The topological polar surface area (TPSA) is 59.2 Å². The van der Waals surface area contributed by atoms with E-state index in [2.05, 4.69) is 9.72 Å². The van der Waals surface area contributed by atoms with Crippen LogP contribution in [-0.4, -0.2) is 35.4 Å². The Morgan fingerprint density at radius 2 is 2.33 bits per heavy atom. The van der Waals surface area contributed by atoms with Crippen molar-refractivity contribution in [2.75, 3.05) is 18.6 Å². The van der Waals surface area contributed by atoms with Crippen LogP contribution in [0.5, 0.6) is 0 Å². The molecular weight excluding hydrogens is 214 g/mol. The van der Waals surface area contributed by atoms with Crippen LogP contribution in [0, 0.1) is 0 Å². The first-order chi connectivity index (χ1) is 7.24. The predicted octanol–water partition coefficient (Wildman–Crippen LogP) is 1.49. The fourth-order valence-electron chi connectivity index (χ4n) is 1.00. The van der Waals surface area contributed by atoms with E-state index in [1.54, 1.807) is 18.3 Å². The summed E-state index contributed by atoms with van der Waals surface area (Å²) < 4.78 is 4.49. The van der Waals surface area contributed by atoms with Gasteiger partial charge in [-0.15, -0.1) is 0 Å². The Morgan fingerprint density at radius 1 is 1.53 bits per heavy atom. The second kappa shape index (κ2) is 6.29. The summed E-state index contributed by atoms with van der Waals surface area (Å²) in [5.41, 5.74) is 0.612. The molecule has 0 atom stereocenters. The molecule has 0 unspecified atom stereocenters. The van der Waals surface area contributed by atoms with Crippen molar-refractivity contribution in [2.24, 2.45) is 0 Å². The van der Waals surface area contributed by atoms with E-state index in [1.807, 2.05) is 0 Å². The third-order valence-corrected chi connectivity index (χ3v) is 2.77. The molecule has 0 amide bonds. The minimum atomic E-state index is -0.241. The minimum Gasteiger partial charge on any atom is -0.469 e. The average molecular weight is 227 g/mol. The largest absolute Gasteiger partial charge is 0.469 e. The van der Waals surface area contributed by atoms with Crippen LogP contribution in [-0.2, 0) is 9.53 Å². The van der Waals surface area contributed by atoms with Crippen LogP contribution in [0.3, 0.4) is 0 Å². The highest BCUT2D eigenvalue weighted by atomic mass is 32.2. The smallest absolute Gasteiger partial charge is 0.306 e. The molecule has 1 rings (SSSR count). The number of carbonyl (C=O) groups is 2. The SMILES string of the molecule is COC(=O)CCSCC(=O)c1ccc[nH]1. The molecular formula is C10H13NO3S. The van der Waals surface area contributed by atoms with Gasteiger partial charge in [0.25, 0.3) is 0 Å². The molecule has 0 aromatic carbocycles. The van der Waals surface area contributed by atoms with Gasteiger partial charge in [0.05, 0.1) is 25.0 Å². The number of ketones is 1. The molecule has 1 N–H and O–H groups in total. The highest BCUT2D eigenvalue weighted by Gasteiger charge is 2.06. The number of rotatable bonds is 6. The van der Waals surface area contributed by atoms with Gasteiger partial charge in [0, 0.05) is 11.9 Å². The first-order valence-electron chi connectivity index (χ1n) is 4.55. The van der Waals surface area contributed by atoms with Crippen LogP contribution in [0.2, 0.25) is 0 Å². The number of thioether (sulfide) groups is 1. The van der Waals surface area contributed by atoms with Gasteiger partial charge in [0.2, 0.25) is 0 Å². The molecule has 0 spiro atoms. The van der Waals surface area contributed by atoms with Crippen molar-refractivity contribution in [3.05, 3.63) is 24.0 Å². The van der Waals surface area contributed by atoms with Crippen molar-refractivity contribution >= 4 is 23.5 Å². The number of nitrogens with one attached hydrogen (secondary N) is 1. The second-order valence-electron chi connectivity index (χ2n) is 2.89. The molecule has 0 saturated heterocycles. The summed E-state index contributed by atoms with van der Waals surface area (Å²) in [6, 6.07) is 3.52. The quantitative estimate of drug-likeness (QED) is 0.454. The van der Waals surface area contributed by atoms with Crippen molar-refractivity contribution in [1.29, 1.82) is 0 Å². The fourth-order valence-corrected chi connectivity index (χ4v) is 1.80. The van der Waals surface area contributed by atoms with E-state index in [1.165, 1.54) is 18.9 Å². The lowest BCUT2D eigenvalue weighted by atomic mass is 10.3. The zero-order valence-corrected chi connectivity index (χ0v) is 9.30. The third-order valence-electron chi connectivity index (χ3n) is 1.81. The maximum absolute atomic E-state index is 11.5. The van der Waals surface area contributed by atoms with Gasteiger partial charge in [-0.25, -0.2) is 0 Å². The molecule has 0 fully saturated rings. The normalized spacial score (nSPS) is 9.93. The molecule has 0 radical (unpaired) electrons. The van der Waals surface area contributed by atoms with Crippen LogP contribution in [0.15, 0.2) is 18.3 Å². The number of hydrogen-bond donors (Lipinski definition) is 1. The van der Waals surface area contributed by atoms with Crippen LogP contribution >= 0.6 is 11.8 Å². The maximum atomic E-state index is 11.5. The number of H-pyrrole nitrogens is 1. The van der Waals surface area contributed by atoms with Crippen LogP contribution in [0.25, 0.3) is 0 Å². The average Bonchev–Trinajstić information content (AvgIpc) is 2.77. The van der Waals surface area contributed by atoms with Crippen molar-refractivity contribution < 1.29 is 14.3 Å². The lowest BCUT2D eigenvalue weighted by Gasteiger charge is -1.99. The summed E-state index contributed by atoms with van der Waals surface area (Å²) in [5.74, 6) is 0.807. The van der Waals surface area contributed by atoms with Crippen molar-refractivity contribution in [3.8, 4) is 0 Å². The van der Waals surface area contributed by atoms with Gasteiger partial charge < -0.3 is 9.72 Å². The maximum Gasteiger partial charge on any atom is 0.306 e. The number of methoxy groups -OCH3 is 1. The molecule has 15 heavy (non-hydrogen) atoms. The summed E-state index contributed by atoms with van der Waals surface area (Å²) in [5, 5.41) is 0. The van der Waals surface area contributed by atoms with Crippen molar-refractivity contribution in [2.45, 2.75) is 6.42 Å². The number of carbonyl (C=O) groups excluding carboxylic acids is 2. The van der Waals surface area contributed by atoms with Gasteiger partial charge >= 0.3 is 5.97 Å². The number of esters is 1. The van der Waals surface area contributed by atoms with E-state index in [9.17, 15) is 9.59 Å². The summed E-state index contributed by atoms with van der Waals surface area (Å²) in [6.07, 6.45) is 2.06. The first kappa shape index (κ1) is 11.8. The molecule has 4 nitrogen and oxygen atoms in total. The number of aromatic amines is 1. The van der Waals surface area contributed by atoms with E-state index >= 15 is 0 Å². The first-order valence-corrected chi connectivity index (χ1v) is 5.70. The number of aromatic nitrogens is 1. The van der Waals surface area contributed by atoms with Crippen molar-refractivity contribution in [3.63, 3.8) is 0 Å². The zero-order valence-electron chi connectivity index (χ0n) is 8.49. The Balaban J connectivity index is 2.16. The lowest BCUT2D eigenvalue weighted by Crippen LogP contribution is -2.05. The molecule has 0 aliphatic carbocycles. The monoisotopic (exact) mass is 227 g/mol. The molecule has 0 bridgehead atoms. The van der Waals surface area contributed by atoms with Gasteiger partial charge in [-0.05, 0) is 12.1 Å². The summed E-state index contributed by atoms with van der Waals surface area (Å²) in [4.78, 5) is 25.1. The molecule has 0 saturated carbocycles. The molecule has 5 heteroatoms. The third kappa shape index (κ3) is 4.20. The summed E-state index contributed by atoms with van der Waals surface area (Å²) in [7, 11) is 1.36. The van der Waals surface area contributed by atoms with Gasteiger partial charge in [-0.3, -0.25) is 9.59 Å². The molecule has 0 aliphatic heterocycles. The van der Waals surface area contributed by atoms with Gasteiger partial charge in [0.15, 0.2) is 5.78 Å². The lowest BCUT2D eigenvalue weighted by molar-refractivity contribution is -0.140. The van der Waals surface area contributed by atoms with E-state index in [-0.39, 0.29) is 11.8 Å². The minimum absolute atomic E-state index is 0.0508. The van der Waals surface area contributed by atoms with Gasteiger partial charge in [0.1, 0.15) is 0 Å². The van der Waals surface area contributed by atoms with Crippen LogP contribution in [0.4, 0.5) is 0 Å². The molecule has 1 aromatic heterocycles. The molecule has 1 aromatic rings. The zero-order chi connectivity index (χ0) is 11.1. The Hall–Kier alpha value is -1.23.